The zero-order valence-electron chi connectivity index (χ0n) is 4.17. The molecule has 1 rings (SSSR count). The van der Waals surface area contributed by atoms with Crippen LogP contribution in [0.5, 0.6) is 0 Å². The van der Waals surface area contributed by atoms with Crippen LogP contribution in [0.2, 0.25) is 0 Å². The van der Waals surface area contributed by atoms with Gasteiger partial charge in [-0.2, -0.15) is 0 Å². The van der Waals surface area contributed by atoms with Crippen LogP contribution in [0.15, 0.2) is 4.99 Å². The third kappa shape index (κ3) is 0.685. The Labute approximate surface area is 45.8 Å². The molecule has 0 aromatic heterocycles. The first kappa shape index (κ1) is 5.21. The molecule has 0 spiro atoms. The zero-order valence-corrected chi connectivity index (χ0v) is 4.17. The highest BCUT2D eigenvalue weighted by Crippen LogP contribution is 1.93. The third-order valence-corrected chi connectivity index (χ3v) is 0.897. The Morgan fingerprint density at radius 2 is 2.75 bits per heavy atom. The quantitative estimate of drug-likeness (QED) is 0.436. The summed E-state index contributed by atoms with van der Waals surface area (Å²) in [6.45, 7) is -0.660. The van der Waals surface area contributed by atoms with E-state index in [1.54, 1.807) is 0 Å². The minimum atomic E-state index is -0.762. The number of hydrogen-bond donors (Lipinski definition) is 0. The Morgan fingerprint density at radius 1 is 2.00 bits per heavy atom. The summed E-state index contributed by atoms with van der Waals surface area (Å²) in [5.74, 6) is -0.271. The fraction of sp³-hybridized carbons (Fsp3) is 0.500. The highest BCUT2D eigenvalue weighted by atomic mass is 19.1. The van der Waals surface area contributed by atoms with Crippen molar-refractivity contribution in [3.63, 3.8) is 0 Å². The lowest BCUT2D eigenvalue weighted by molar-refractivity contribution is -0.125. The van der Waals surface area contributed by atoms with Crippen molar-refractivity contribution in [1.29, 1.82) is 0 Å². The lowest BCUT2D eigenvalue weighted by Crippen LogP contribution is -2.24. The molecule has 1 aliphatic heterocycles. The SMILES string of the molecule is O=C1CN=CN1CF. The molecule has 8 heavy (non-hydrogen) atoms. The second-order valence-electron chi connectivity index (χ2n) is 1.44. The van der Waals surface area contributed by atoms with E-state index in [2.05, 4.69) is 4.99 Å². The lowest BCUT2D eigenvalue weighted by atomic mass is 10.6. The molecule has 1 heterocycles. The summed E-state index contributed by atoms with van der Waals surface area (Å²) >= 11 is 0. The van der Waals surface area contributed by atoms with E-state index in [0.717, 1.165) is 4.90 Å². The number of nitrogens with zero attached hydrogens (tertiary/aromatic N) is 2. The van der Waals surface area contributed by atoms with Gasteiger partial charge in [0, 0.05) is 0 Å². The van der Waals surface area contributed by atoms with Crippen LogP contribution < -0.4 is 0 Å². The van der Waals surface area contributed by atoms with Crippen molar-refractivity contribution in [3.05, 3.63) is 0 Å². The summed E-state index contributed by atoms with van der Waals surface area (Å²) in [5.41, 5.74) is 0. The van der Waals surface area contributed by atoms with Gasteiger partial charge in [0.15, 0.2) is 6.80 Å². The minimum absolute atomic E-state index is 0.101. The van der Waals surface area contributed by atoms with Gasteiger partial charge in [0.1, 0.15) is 6.54 Å². The van der Waals surface area contributed by atoms with E-state index in [1.165, 1.54) is 6.34 Å². The van der Waals surface area contributed by atoms with Crippen LogP contribution in [0, 0.1) is 0 Å². The highest BCUT2D eigenvalue weighted by molar-refractivity contribution is 5.93. The Bertz CT molecular complexity index is 134. The van der Waals surface area contributed by atoms with E-state index in [0.29, 0.717) is 0 Å². The number of halogens is 1. The average Bonchev–Trinajstić information content (AvgIpc) is 2.14. The minimum Gasteiger partial charge on any atom is -0.272 e. The fourth-order valence-corrected chi connectivity index (χ4v) is 0.470. The van der Waals surface area contributed by atoms with E-state index in [4.69, 9.17) is 0 Å². The number of carbonyl (C=O) groups is 1. The van der Waals surface area contributed by atoms with E-state index in [9.17, 15) is 9.18 Å². The van der Waals surface area contributed by atoms with Crippen LogP contribution >= 0.6 is 0 Å². The normalized spacial score (nSPS) is 18.1. The summed E-state index contributed by atoms with van der Waals surface area (Å²) in [6.07, 6.45) is 1.21. The summed E-state index contributed by atoms with van der Waals surface area (Å²) < 4.78 is 11.6. The zero-order chi connectivity index (χ0) is 5.98. The van der Waals surface area contributed by atoms with Crippen molar-refractivity contribution in [2.45, 2.75) is 0 Å². The molecule has 0 saturated heterocycles. The maximum Gasteiger partial charge on any atom is 0.251 e. The van der Waals surface area contributed by atoms with E-state index in [1.807, 2.05) is 0 Å². The van der Waals surface area contributed by atoms with Gasteiger partial charge < -0.3 is 0 Å². The fourth-order valence-electron chi connectivity index (χ4n) is 0.470. The van der Waals surface area contributed by atoms with Crippen molar-refractivity contribution in [2.75, 3.05) is 13.3 Å². The molecule has 0 N–H and O–H groups in total. The standard InChI is InChI=1S/C4H5FN2O/c5-2-7-3-6-1-4(7)8/h3H,1-2H2. The van der Waals surface area contributed by atoms with Crippen molar-refractivity contribution in [1.82, 2.24) is 4.90 Å². The predicted molar refractivity (Wildman–Crippen MR) is 26.2 cm³/mol. The van der Waals surface area contributed by atoms with Crippen LogP contribution in [0.3, 0.4) is 0 Å². The molecule has 44 valence electrons. The molecule has 1 amide bonds. The van der Waals surface area contributed by atoms with Crippen molar-refractivity contribution in [2.24, 2.45) is 4.99 Å². The topological polar surface area (TPSA) is 32.7 Å². The first-order chi connectivity index (χ1) is 3.84. The molecular weight excluding hydrogens is 111 g/mol. The first-order valence-corrected chi connectivity index (χ1v) is 2.20. The molecule has 0 radical (unpaired) electrons. The molecule has 0 aromatic rings. The van der Waals surface area contributed by atoms with Gasteiger partial charge in [0.05, 0.1) is 6.34 Å². The maximum absolute atomic E-state index is 11.6. The van der Waals surface area contributed by atoms with Gasteiger partial charge in [-0.3, -0.25) is 14.7 Å². The van der Waals surface area contributed by atoms with E-state index >= 15 is 0 Å². The van der Waals surface area contributed by atoms with Crippen molar-refractivity contribution < 1.29 is 9.18 Å². The number of hydrogen-bond acceptors (Lipinski definition) is 2. The number of alkyl halides is 1. The summed E-state index contributed by atoms with van der Waals surface area (Å²) in [6, 6.07) is 0. The Hall–Kier alpha value is -0.930. The first-order valence-electron chi connectivity index (χ1n) is 2.20. The monoisotopic (exact) mass is 116 g/mol. The molecule has 0 bridgehead atoms. The largest absolute Gasteiger partial charge is 0.272 e. The molecule has 4 heteroatoms. The van der Waals surface area contributed by atoms with Gasteiger partial charge in [-0.25, -0.2) is 4.39 Å². The van der Waals surface area contributed by atoms with Gasteiger partial charge >= 0.3 is 0 Å². The molecule has 0 aliphatic carbocycles. The second kappa shape index (κ2) is 1.90. The van der Waals surface area contributed by atoms with Crippen LogP contribution in [0.4, 0.5) is 4.39 Å². The Kier molecular flexibility index (Phi) is 1.24. The summed E-state index contributed by atoms with van der Waals surface area (Å²) in [4.78, 5) is 14.8. The van der Waals surface area contributed by atoms with E-state index in [-0.39, 0.29) is 12.5 Å². The number of aliphatic imine (C=N–C) groups is 1. The molecule has 0 atom stereocenters. The highest BCUT2D eigenvalue weighted by Gasteiger charge is 2.13. The molecule has 0 saturated carbocycles. The van der Waals surface area contributed by atoms with Crippen LogP contribution in [-0.4, -0.2) is 30.5 Å². The molecule has 0 fully saturated rings. The molecule has 0 unspecified atom stereocenters. The van der Waals surface area contributed by atoms with Gasteiger partial charge in [0.25, 0.3) is 5.91 Å². The number of carbonyl (C=O) groups excluding carboxylic acids is 1. The Balaban J connectivity index is 2.53. The van der Waals surface area contributed by atoms with Crippen LogP contribution in [0.1, 0.15) is 0 Å². The van der Waals surface area contributed by atoms with Crippen molar-refractivity contribution in [3.8, 4) is 0 Å². The number of amides is 1. The average molecular weight is 116 g/mol. The Morgan fingerprint density at radius 3 is 3.00 bits per heavy atom. The summed E-state index contributed by atoms with van der Waals surface area (Å²) in [5, 5.41) is 0. The maximum atomic E-state index is 11.6. The molecule has 3 nitrogen and oxygen atoms in total. The molecular formula is C4H5FN2O. The van der Waals surface area contributed by atoms with Gasteiger partial charge in [0.2, 0.25) is 0 Å². The van der Waals surface area contributed by atoms with Gasteiger partial charge in [-0.05, 0) is 0 Å². The summed E-state index contributed by atoms with van der Waals surface area (Å²) in [7, 11) is 0. The van der Waals surface area contributed by atoms with Gasteiger partial charge in [-0.15, -0.1) is 0 Å². The lowest BCUT2D eigenvalue weighted by Gasteiger charge is -2.02. The van der Waals surface area contributed by atoms with Crippen LogP contribution in [0.25, 0.3) is 0 Å². The second-order valence-corrected chi connectivity index (χ2v) is 1.44. The predicted octanol–water partition coefficient (Wildman–Crippen LogP) is -0.216. The third-order valence-electron chi connectivity index (χ3n) is 0.897. The molecule has 1 aliphatic rings. The molecule has 0 aromatic carbocycles. The smallest absolute Gasteiger partial charge is 0.251 e. The van der Waals surface area contributed by atoms with E-state index < -0.39 is 6.80 Å². The van der Waals surface area contributed by atoms with Crippen LogP contribution in [-0.2, 0) is 4.79 Å². The van der Waals surface area contributed by atoms with Gasteiger partial charge in [-0.1, -0.05) is 0 Å². The number of rotatable bonds is 1. The van der Waals surface area contributed by atoms with Crippen molar-refractivity contribution >= 4 is 12.2 Å².